The molecule has 5 heteroatoms. The summed E-state index contributed by atoms with van der Waals surface area (Å²) in [6.07, 6.45) is 0.896. The van der Waals surface area contributed by atoms with Crippen LogP contribution < -0.4 is 4.90 Å². The van der Waals surface area contributed by atoms with Gasteiger partial charge < -0.3 is 14.9 Å². The minimum atomic E-state index is -0.599. The topological polar surface area (TPSA) is 26.7 Å². The summed E-state index contributed by atoms with van der Waals surface area (Å²) in [6, 6.07) is 2.71. The second-order valence-electron chi connectivity index (χ2n) is 4.92. The molecular formula is C13H18F2N2O. The van der Waals surface area contributed by atoms with Gasteiger partial charge in [0.05, 0.1) is 6.61 Å². The number of aliphatic hydroxyl groups excluding tert-OH is 1. The Labute approximate surface area is 106 Å². The van der Waals surface area contributed by atoms with E-state index in [9.17, 15) is 8.78 Å². The first-order chi connectivity index (χ1) is 8.52. The molecule has 1 unspecified atom stereocenters. The first-order valence-electron chi connectivity index (χ1n) is 6.03. The van der Waals surface area contributed by atoms with Gasteiger partial charge in [0.15, 0.2) is 0 Å². The van der Waals surface area contributed by atoms with Crippen LogP contribution in [-0.4, -0.2) is 43.2 Å². The number of anilines is 1. The van der Waals surface area contributed by atoms with Gasteiger partial charge in [-0.3, -0.25) is 0 Å². The second kappa shape index (κ2) is 5.20. The maximum atomic E-state index is 13.9. The Morgan fingerprint density at radius 1 is 1.33 bits per heavy atom. The zero-order chi connectivity index (χ0) is 13.3. The molecule has 0 saturated carbocycles. The van der Waals surface area contributed by atoms with E-state index in [0.29, 0.717) is 19.1 Å². The SMILES string of the molecule is CN(C)C1CCN(c2c(F)cc(CO)cc2F)C1. The molecule has 100 valence electrons. The number of aliphatic hydroxyl groups is 1. The lowest BCUT2D eigenvalue weighted by Gasteiger charge is -2.22. The molecule has 1 aliphatic rings. The standard InChI is InChI=1S/C13H18F2N2O/c1-16(2)10-3-4-17(7-10)13-11(14)5-9(8-18)6-12(13)15/h5-6,10,18H,3-4,7-8H2,1-2H3. The van der Waals surface area contributed by atoms with Crippen molar-refractivity contribution in [3.63, 3.8) is 0 Å². The molecule has 1 fully saturated rings. The van der Waals surface area contributed by atoms with Crippen molar-refractivity contribution in [1.82, 2.24) is 4.90 Å². The molecule has 1 atom stereocenters. The van der Waals surface area contributed by atoms with E-state index in [1.807, 2.05) is 14.1 Å². The van der Waals surface area contributed by atoms with Crippen molar-refractivity contribution in [2.45, 2.75) is 19.1 Å². The summed E-state index contributed by atoms with van der Waals surface area (Å²) < 4.78 is 27.7. The number of hydrogen-bond donors (Lipinski definition) is 1. The molecule has 2 rings (SSSR count). The zero-order valence-electron chi connectivity index (χ0n) is 10.7. The fourth-order valence-electron chi connectivity index (χ4n) is 2.38. The molecule has 18 heavy (non-hydrogen) atoms. The number of nitrogens with zero attached hydrogens (tertiary/aromatic N) is 2. The number of rotatable bonds is 3. The van der Waals surface area contributed by atoms with Crippen molar-refractivity contribution in [1.29, 1.82) is 0 Å². The van der Waals surface area contributed by atoms with E-state index in [0.717, 1.165) is 6.42 Å². The van der Waals surface area contributed by atoms with Crippen LogP contribution in [0, 0.1) is 11.6 Å². The largest absolute Gasteiger partial charge is 0.392 e. The molecule has 1 saturated heterocycles. The third-order valence-corrected chi connectivity index (χ3v) is 3.47. The van der Waals surface area contributed by atoms with Crippen molar-refractivity contribution in [2.75, 3.05) is 32.1 Å². The number of likely N-dealkylation sites (N-methyl/N-ethyl adjacent to an activating group) is 1. The lowest BCUT2D eigenvalue weighted by atomic mass is 10.2. The lowest BCUT2D eigenvalue weighted by Crippen LogP contribution is -2.32. The molecule has 1 aromatic rings. The van der Waals surface area contributed by atoms with Crippen LogP contribution in [0.15, 0.2) is 12.1 Å². The third-order valence-electron chi connectivity index (χ3n) is 3.47. The van der Waals surface area contributed by atoms with E-state index < -0.39 is 11.6 Å². The fourth-order valence-corrected chi connectivity index (χ4v) is 2.38. The summed E-state index contributed by atoms with van der Waals surface area (Å²) in [6.45, 7) is 0.920. The van der Waals surface area contributed by atoms with Crippen LogP contribution in [0.2, 0.25) is 0 Å². The highest BCUT2D eigenvalue weighted by atomic mass is 19.1. The number of halogens is 2. The van der Waals surface area contributed by atoms with Crippen molar-refractivity contribution in [2.24, 2.45) is 0 Å². The van der Waals surface area contributed by atoms with Crippen LogP contribution in [-0.2, 0) is 6.61 Å². The highest BCUT2D eigenvalue weighted by Gasteiger charge is 2.28. The zero-order valence-corrected chi connectivity index (χ0v) is 10.7. The van der Waals surface area contributed by atoms with Crippen LogP contribution in [0.3, 0.4) is 0 Å². The van der Waals surface area contributed by atoms with Gasteiger partial charge in [-0.25, -0.2) is 8.78 Å². The predicted octanol–water partition coefficient (Wildman–Crippen LogP) is 1.60. The van der Waals surface area contributed by atoms with E-state index in [2.05, 4.69) is 4.90 Å². The minimum absolute atomic E-state index is 0.0246. The molecule has 0 radical (unpaired) electrons. The molecule has 1 aliphatic heterocycles. The molecular weight excluding hydrogens is 238 g/mol. The molecule has 0 bridgehead atoms. The lowest BCUT2D eigenvalue weighted by molar-refractivity contribution is 0.280. The molecule has 1 aromatic carbocycles. The van der Waals surface area contributed by atoms with Crippen molar-refractivity contribution < 1.29 is 13.9 Å². The first-order valence-corrected chi connectivity index (χ1v) is 6.03. The normalized spacial score (nSPS) is 19.9. The Morgan fingerprint density at radius 3 is 2.39 bits per heavy atom. The van der Waals surface area contributed by atoms with Gasteiger partial charge >= 0.3 is 0 Å². The van der Waals surface area contributed by atoms with Crippen molar-refractivity contribution in [3.8, 4) is 0 Å². The van der Waals surface area contributed by atoms with Gasteiger partial charge in [0.1, 0.15) is 17.3 Å². The predicted molar refractivity (Wildman–Crippen MR) is 66.6 cm³/mol. The van der Waals surface area contributed by atoms with Crippen LogP contribution in [0.25, 0.3) is 0 Å². The average Bonchev–Trinajstić information content (AvgIpc) is 2.77. The summed E-state index contributed by atoms with van der Waals surface area (Å²) in [4.78, 5) is 3.80. The first kappa shape index (κ1) is 13.2. The van der Waals surface area contributed by atoms with Gasteiger partial charge in [0, 0.05) is 19.1 Å². The van der Waals surface area contributed by atoms with Gasteiger partial charge in [0.25, 0.3) is 0 Å². The van der Waals surface area contributed by atoms with Crippen LogP contribution >= 0.6 is 0 Å². The maximum Gasteiger partial charge on any atom is 0.149 e. The van der Waals surface area contributed by atoms with Gasteiger partial charge in [-0.1, -0.05) is 0 Å². The Bertz CT molecular complexity index is 414. The second-order valence-corrected chi connectivity index (χ2v) is 4.92. The summed E-state index contributed by atoms with van der Waals surface area (Å²) in [5.41, 5.74) is 0.286. The number of hydrogen-bond acceptors (Lipinski definition) is 3. The van der Waals surface area contributed by atoms with E-state index >= 15 is 0 Å². The molecule has 3 nitrogen and oxygen atoms in total. The molecule has 0 aliphatic carbocycles. The van der Waals surface area contributed by atoms with Crippen LogP contribution in [0.5, 0.6) is 0 Å². The maximum absolute atomic E-state index is 13.9. The summed E-state index contributed by atoms with van der Waals surface area (Å²) in [5, 5.41) is 8.90. The van der Waals surface area contributed by atoms with E-state index in [4.69, 9.17) is 5.11 Å². The Balaban J connectivity index is 2.24. The average molecular weight is 256 g/mol. The van der Waals surface area contributed by atoms with Crippen LogP contribution in [0.1, 0.15) is 12.0 Å². The number of benzene rings is 1. The quantitative estimate of drug-likeness (QED) is 0.890. The van der Waals surface area contributed by atoms with Gasteiger partial charge in [0.2, 0.25) is 0 Å². The van der Waals surface area contributed by atoms with E-state index in [1.165, 1.54) is 12.1 Å². The smallest absolute Gasteiger partial charge is 0.149 e. The molecule has 0 amide bonds. The molecule has 1 N–H and O–H groups in total. The highest BCUT2D eigenvalue weighted by molar-refractivity contribution is 5.51. The van der Waals surface area contributed by atoms with E-state index in [1.54, 1.807) is 4.90 Å². The van der Waals surface area contributed by atoms with Gasteiger partial charge in [-0.2, -0.15) is 0 Å². The highest BCUT2D eigenvalue weighted by Crippen LogP contribution is 2.29. The Morgan fingerprint density at radius 2 is 1.94 bits per heavy atom. The molecule has 1 heterocycles. The Hall–Kier alpha value is -1.20. The van der Waals surface area contributed by atoms with Gasteiger partial charge in [-0.15, -0.1) is 0 Å². The molecule has 0 spiro atoms. The third kappa shape index (κ3) is 2.47. The monoisotopic (exact) mass is 256 g/mol. The Kier molecular flexibility index (Phi) is 3.82. The van der Waals surface area contributed by atoms with Crippen molar-refractivity contribution >= 4 is 5.69 Å². The van der Waals surface area contributed by atoms with Crippen LogP contribution in [0.4, 0.5) is 14.5 Å². The minimum Gasteiger partial charge on any atom is -0.392 e. The summed E-state index contributed by atoms with van der Waals surface area (Å²) in [7, 11) is 3.94. The van der Waals surface area contributed by atoms with E-state index in [-0.39, 0.29) is 17.9 Å². The summed E-state index contributed by atoms with van der Waals surface area (Å²) >= 11 is 0. The fraction of sp³-hybridized carbons (Fsp3) is 0.538. The van der Waals surface area contributed by atoms with Gasteiger partial charge in [-0.05, 0) is 38.2 Å². The summed E-state index contributed by atoms with van der Waals surface area (Å²) in [5.74, 6) is -1.20. The van der Waals surface area contributed by atoms with Crippen molar-refractivity contribution in [3.05, 3.63) is 29.3 Å². The molecule has 0 aromatic heterocycles.